The van der Waals surface area contributed by atoms with Gasteiger partial charge in [0, 0.05) is 5.41 Å². The number of hydrogen-bond donors (Lipinski definition) is 0. The highest BCUT2D eigenvalue weighted by Gasteiger charge is 2.51. The van der Waals surface area contributed by atoms with Gasteiger partial charge in [0.2, 0.25) is 0 Å². The first-order valence-corrected chi connectivity index (χ1v) is 6.27. The van der Waals surface area contributed by atoms with Crippen molar-refractivity contribution in [2.75, 3.05) is 0 Å². The third-order valence-electron chi connectivity index (χ3n) is 3.10. The normalized spacial score (nSPS) is 17.6. The summed E-state index contributed by atoms with van der Waals surface area (Å²) in [6, 6.07) is 10.0. The first-order valence-electron chi connectivity index (χ1n) is 6.27. The molecule has 0 saturated carbocycles. The van der Waals surface area contributed by atoms with E-state index < -0.39 is 5.60 Å². The van der Waals surface area contributed by atoms with Crippen LogP contribution in [0.4, 0.5) is 0 Å². The molecule has 0 N–H and O–H groups in total. The second-order valence-electron chi connectivity index (χ2n) is 6.24. The van der Waals surface area contributed by atoms with E-state index in [9.17, 15) is 4.79 Å². The Morgan fingerprint density at radius 3 is 2.17 bits per heavy atom. The second-order valence-corrected chi connectivity index (χ2v) is 6.24. The molecule has 96 valence electrons. The molecular formula is C16H20O2. The smallest absolute Gasteiger partial charge is 0.335 e. The molecule has 0 spiro atoms. The van der Waals surface area contributed by atoms with Crippen LogP contribution >= 0.6 is 0 Å². The summed E-state index contributed by atoms with van der Waals surface area (Å²) in [5.41, 5.74) is 2.43. The van der Waals surface area contributed by atoms with Crippen LogP contribution in [0.2, 0.25) is 0 Å². The number of allylic oxidation sites excluding steroid dienone is 1. The molecular weight excluding hydrogens is 224 g/mol. The molecule has 0 amide bonds. The van der Waals surface area contributed by atoms with Crippen LogP contribution in [0.25, 0.3) is 5.57 Å². The molecule has 1 aliphatic rings. The molecule has 0 saturated heterocycles. The van der Waals surface area contributed by atoms with Crippen molar-refractivity contribution in [3.8, 4) is 0 Å². The summed E-state index contributed by atoms with van der Waals surface area (Å²) in [4.78, 5) is 12.1. The zero-order valence-corrected chi connectivity index (χ0v) is 11.7. The van der Waals surface area contributed by atoms with Crippen LogP contribution in [-0.4, -0.2) is 11.6 Å². The number of esters is 1. The molecule has 0 heterocycles. The molecule has 2 heteroatoms. The minimum absolute atomic E-state index is 0.163. The molecule has 0 atom stereocenters. The summed E-state index contributed by atoms with van der Waals surface area (Å²) in [5.74, 6) is -0.189. The van der Waals surface area contributed by atoms with Gasteiger partial charge in [-0.25, -0.2) is 4.79 Å². The van der Waals surface area contributed by atoms with Crippen LogP contribution in [0, 0.1) is 5.41 Å². The maximum atomic E-state index is 12.1. The monoisotopic (exact) mass is 244 g/mol. The lowest BCUT2D eigenvalue weighted by Crippen LogP contribution is -2.24. The van der Waals surface area contributed by atoms with E-state index in [1.165, 1.54) is 0 Å². The minimum atomic E-state index is -0.440. The molecule has 0 unspecified atom stereocenters. The van der Waals surface area contributed by atoms with E-state index in [4.69, 9.17) is 4.74 Å². The van der Waals surface area contributed by atoms with Crippen molar-refractivity contribution in [2.24, 2.45) is 5.41 Å². The largest absolute Gasteiger partial charge is 0.457 e. The predicted octanol–water partition coefficient (Wildman–Crippen LogP) is 3.82. The van der Waals surface area contributed by atoms with Gasteiger partial charge in [0.1, 0.15) is 5.60 Å². The van der Waals surface area contributed by atoms with E-state index in [0.29, 0.717) is 0 Å². The number of rotatable bonds is 2. The van der Waals surface area contributed by atoms with Gasteiger partial charge < -0.3 is 4.74 Å². The lowest BCUT2D eigenvalue weighted by Gasteiger charge is -2.19. The average Bonchev–Trinajstić information content (AvgIpc) is 2.80. The maximum Gasteiger partial charge on any atom is 0.335 e. The number of carbonyl (C=O) groups is 1. The summed E-state index contributed by atoms with van der Waals surface area (Å²) >= 11 is 0. The zero-order valence-electron chi connectivity index (χ0n) is 11.7. The van der Waals surface area contributed by atoms with Crippen molar-refractivity contribution in [3.63, 3.8) is 0 Å². The van der Waals surface area contributed by atoms with E-state index in [1.807, 2.05) is 51.1 Å². The van der Waals surface area contributed by atoms with Crippen LogP contribution < -0.4 is 0 Å². The topological polar surface area (TPSA) is 26.3 Å². The lowest BCUT2D eigenvalue weighted by atomic mass is 10.00. The molecule has 2 nitrogen and oxygen atoms in total. The van der Waals surface area contributed by atoms with Crippen molar-refractivity contribution in [2.45, 2.75) is 40.2 Å². The summed E-state index contributed by atoms with van der Waals surface area (Å²) in [7, 11) is 0. The molecule has 1 aliphatic carbocycles. The molecule has 0 fully saturated rings. The first-order chi connectivity index (χ1) is 8.23. The standard InChI is InChI=1S/C16H20O2/c1-15(2,3)18-14(17)13-12(16(13,4)5)11-9-7-6-8-10-11/h6-10H,1-5H3. The van der Waals surface area contributed by atoms with Gasteiger partial charge >= 0.3 is 5.97 Å². The van der Waals surface area contributed by atoms with Crippen molar-refractivity contribution in [1.29, 1.82) is 0 Å². The fourth-order valence-electron chi connectivity index (χ4n) is 2.27. The summed E-state index contributed by atoms with van der Waals surface area (Å²) in [5, 5.41) is 0. The molecule has 0 bridgehead atoms. The van der Waals surface area contributed by atoms with E-state index >= 15 is 0 Å². The minimum Gasteiger partial charge on any atom is -0.457 e. The molecule has 2 rings (SSSR count). The van der Waals surface area contributed by atoms with Gasteiger partial charge in [-0.3, -0.25) is 0 Å². The van der Waals surface area contributed by atoms with Gasteiger partial charge in [-0.1, -0.05) is 44.2 Å². The van der Waals surface area contributed by atoms with E-state index in [-0.39, 0.29) is 11.4 Å². The third-order valence-corrected chi connectivity index (χ3v) is 3.10. The SMILES string of the molecule is CC(C)(C)OC(=O)C1=C(c2ccccc2)C1(C)C. The molecule has 0 aromatic heterocycles. The van der Waals surface area contributed by atoms with Crippen LogP contribution in [-0.2, 0) is 9.53 Å². The first kappa shape index (κ1) is 12.9. The Kier molecular flexibility index (Phi) is 2.84. The number of hydrogen-bond acceptors (Lipinski definition) is 2. The summed E-state index contributed by atoms with van der Waals surface area (Å²) in [6.07, 6.45) is 0. The molecule has 1 aromatic carbocycles. The predicted molar refractivity (Wildman–Crippen MR) is 73.0 cm³/mol. The third kappa shape index (κ3) is 2.33. The van der Waals surface area contributed by atoms with E-state index in [1.54, 1.807) is 0 Å². The highest BCUT2D eigenvalue weighted by atomic mass is 16.6. The second kappa shape index (κ2) is 3.98. The van der Waals surface area contributed by atoms with Crippen LogP contribution in [0.3, 0.4) is 0 Å². The molecule has 1 aromatic rings. The highest BCUT2D eigenvalue weighted by molar-refractivity contribution is 6.12. The van der Waals surface area contributed by atoms with Gasteiger partial charge in [0.15, 0.2) is 0 Å². The van der Waals surface area contributed by atoms with Crippen molar-refractivity contribution >= 4 is 11.5 Å². The van der Waals surface area contributed by atoms with Crippen LogP contribution in [0.15, 0.2) is 35.9 Å². The fourth-order valence-corrected chi connectivity index (χ4v) is 2.27. The van der Waals surface area contributed by atoms with Gasteiger partial charge in [0.05, 0.1) is 5.57 Å². The highest BCUT2D eigenvalue weighted by Crippen LogP contribution is 2.58. The number of benzene rings is 1. The van der Waals surface area contributed by atoms with Crippen LogP contribution in [0.5, 0.6) is 0 Å². The zero-order chi connectivity index (χ0) is 13.6. The molecule has 0 radical (unpaired) electrons. The Hall–Kier alpha value is -1.57. The van der Waals surface area contributed by atoms with Gasteiger partial charge in [-0.15, -0.1) is 0 Å². The number of ether oxygens (including phenoxy) is 1. The number of carbonyl (C=O) groups excluding carboxylic acids is 1. The maximum absolute atomic E-state index is 12.1. The average molecular weight is 244 g/mol. The van der Waals surface area contributed by atoms with Crippen LogP contribution in [0.1, 0.15) is 40.2 Å². The Morgan fingerprint density at radius 2 is 1.67 bits per heavy atom. The van der Waals surface area contributed by atoms with Gasteiger partial charge in [0.25, 0.3) is 0 Å². The summed E-state index contributed by atoms with van der Waals surface area (Å²) < 4.78 is 5.45. The Balaban J connectivity index is 2.28. The van der Waals surface area contributed by atoms with Crippen molar-refractivity contribution in [3.05, 3.63) is 41.5 Å². The van der Waals surface area contributed by atoms with E-state index in [0.717, 1.165) is 16.7 Å². The molecule has 18 heavy (non-hydrogen) atoms. The van der Waals surface area contributed by atoms with Gasteiger partial charge in [-0.05, 0) is 31.9 Å². The van der Waals surface area contributed by atoms with Gasteiger partial charge in [-0.2, -0.15) is 0 Å². The Morgan fingerprint density at radius 1 is 1.11 bits per heavy atom. The molecule has 0 aliphatic heterocycles. The fraction of sp³-hybridized carbons (Fsp3) is 0.438. The quantitative estimate of drug-likeness (QED) is 0.739. The van der Waals surface area contributed by atoms with Crippen molar-refractivity contribution < 1.29 is 9.53 Å². The summed E-state index contributed by atoms with van der Waals surface area (Å²) in [6.45, 7) is 9.80. The van der Waals surface area contributed by atoms with Crippen molar-refractivity contribution in [1.82, 2.24) is 0 Å². The van der Waals surface area contributed by atoms with E-state index in [2.05, 4.69) is 13.8 Å². The Bertz CT molecular complexity index is 502. The lowest BCUT2D eigenvalue weighted by molar-refractivity contribution is -0.149. The Labute approximate surface area is 109 Å².